The zero-order valence-corrected chi connectivity index (χ0v) is 4.98. The Labute approximate surface area is 56.0 Å². The van der Waals surface area contributed by atoms with Gasteiger partial charge in [-0.2, -0.15) is 0 Å². The Bertz CT molecular complexity index is 87.5. The maximum atomic E-state index is 9.43. The number of hydrogen-bond acceptors (Lipinski definition) is 2. The molecule has 0 bridgehead atoms. The summed E-state index contributed by atoms with van der Waals surface area (Å²) in [5.74, 6) is -2.62. The molecule has 47 valence electrons. The van der Waals surface area contributed by atoms with Crippen molar-refractivity contribution >= 4 is 11.9 Å². The zero-order chi connectivity index (χ0) is 5.86. The maximum Gasteiger partial charge on any atom is 0.314 e. The molecule has 0 aromatic heterocycles. The smallest absolute Gasteiger partial charge is 0.314 e. The van der Waals surface area contributed by atoms with Gasteiger partial charge in [-0.05, 0) is 0 Å². The SMILES string of the molecule is O=C(O)CC(=O)O.[Mn]. The first kappa shape index (κ1) is 10.4. The van der Waals surface area contributed by atoms with Gasteiger partial charge in [0.25, 0.3) is 0 Å². The molecule has 0 unspecified atom stereocenters. The summed E-state index contributed by atoms with van der Waals surface area (Å²) in [6, 6.07) is 0. The van der Waals surface area contributed by atoms with Gasteiger partial charge in [-0.15, -0.1) is 0 Å². The van der Waals surface area contributed by atoms with E-state index in [1.165, 1.54) is 0 Å². The second-order valence-electron chi connectivity index (χ2n) is 0.964. The molecular formula is C3H4MnO4. The number of rotatable bonds is 2. The molecule has 0 aliphatic heterocycles. The van der Waals surface area contributed by atoms with Gasteiger partial charge in [0.15, 0.2) is 0 Å². The molecule has 0 aromatic carbocycles. The topological polar surface area (TPSA) is 74.6 Å². The summed E-state index contributed by atoms with van der Waals surface area (Å²) >= 11 is 0. The average molecular weight is 159 g/mol. The molecule has 5 heteroatoms. The fraction of sp³-hybridized carbons (Fsp3) is 0.333. The summed E-state index contributed by atoms with van der Waals surface area (Å²) in [6.45, 7) is 0. The molecule has 0 heterocycles. The van der Waals surface area contributed by atoms with Gasteiger partial charge in [0.2, 0.25) is 0 Å². The average Bonchev–Trinajstić information content (AvgIpc) is 1.27. The standard InChI is InChI=1S/C3H4O4.Mn/c4-2(5)1-3(6)7;/h1H2,(H,4,5)(H,6,7);. The second-order valence-corrected chi connectivity index (χ2v) is 0.964. The van der Waals surface area contributed by atoms with Crippen molar-refractivity contribution in [3.63, 3.8) is 0 Å². The molecule has 4 nitrogen and oxygen atoms in total. The molecule has 0 spiro atoms. The largest absolute Gasteiger partial charge is 0.481 e. The molecule has 0 aromatic rings. The van der Waals surface area contributed by atoms with Crippen LogP contribution >= 0.6 is 0 Å². The van der Waals surface area contributed by atoms with Gasteiger partial charge in [0.1, 0.15) is 6.42 Å². The third-order valence-electron chi connectivity index (χ3n) is 0.302. The Kier molecular flexibility index (Phi) is 6.02. The Hall–Kier alpha value is -0.541. The van der Waals surface area contributed by atoms with Crippen molar-refractivity contribution in [2.24, 2.45) is 0 Å². The molecule has 0 aliphatic carbocycles. The normalized spacial score (nSPS) is 7.00. The molecule has 0 amide bonds. The maximum absolute atomic E-state index is 9.43. The van der Waals surface area contributed by atoms with E-state index in [1.54, 1.807) is 0 Å². The van der Waals surface area contributed by atoms with Crippen molar-refractivity contribution in [2.75, 3.05) is 0 Å². The molecule has 1 radical (unpaired) electrons. The summed E-state index contributed by atoms with van der Waals surface area (Å²) in [4.78, 5) is 18.9. The molecule has 2 N–H and O–H groups in total. The van der Waals surface area contributed by atoms with Gasteiger partial charge in [0.05, 0.1) is 0 Å². The van der Waals surface area contributed by atoms with Crippen molar-refractivity contribution < 1.29 is 36.9 Å². The molecule has 0 saturated carbocycles. The summed E-state index contributed by atoms with van der Waals surface area (Å²) in [5.41, 5.74) is 0. The van der Waals surface area contributed by atoms with Crippen LogP contribution in [0.1, 0.15) is 6.42 Å². The van der Waals surface area contributed by atoms with E-state index in [1.807, 2.05) is 0 Å². The minimum absolute atomic E-state index is 0. The van der Waals surface area contributed by atoms with Crippen LogP contribution < -0.4 is 0 Å². The number of carboxylic acid groups (broad SMARTS) is 2. The van der Waals surface area contributed by atoms with E-state index in [4.69, 9.17) is 10.2 Å². The van der Waals surface area contributed by atoms with Crippen LogP contribution in [0.3, 0.4) is 0 Å². The number of carbonyl (C=O) groups is 2. The molecule has 0 rings (SSSR count). The van der Waals surface area contributed by atoms with Crippen LogP contribution in [0.15, 0.2) is 0 Å². The Morgan fingerprint density at radius 3 is 1.38 bits per heavy atom. The number of aliphatic carboxylic acids is 2. The first-order valence-corrected chi connectivity index (χ1v) is 1.56. The molecule has 8 heavy (non-hydrogen) atoms. The van der Waals surface area contributed by atoms with E-state index >= 15 is 0 Å². The van der Waals surface area contributed by atoms with E-state index in [0.717, 1.165) is 0 Å². The minimum atomic E-state index is -1.31. The van der Waals surface area contributed by atoms with E-state index in [2.05, 4.69) is 0 Å². The number of hydrogen-bond donors (Lipinski definition) is 2. The fourth-order valence-electron chi connectivity index (χ4n) is 0.129. The van der Waals surface area contributed by atoms with E-state index in [-0.39, 0.29) is 17.1 Å². The van der Waals surface area contributed by atoms with Crippen LogP contribution in [0.5, 0.6) is 0 Å². The molecule has 0 aliphatic rings. The Balaban J connectivity index is 0. The first-order valence-electron chi connectivity index (χ1n) is 1.56. The monoisotopic (exact) mass is 159 g/mol. The van der Waals surface area contributed by atoms with Crippen molar-refractivity contribution in [1.29, 1.82) is 0 Å². The molecule has 0 atom stereocenters. The summed E-state index contributed by atoms with van der Waals surface area (Å²) in [6.07, 6.45) is -0.806. The van der Waals surface area contributed by atoms with Crippen LogP contribution in [-0.4, -0.2) is 22.2 Å². The van der Waals surface area contributed by atoms with Crippen LogP contribution in [0.2, 0.25) is 0 Å². The molecule has 0 saturated heterocycles. The summed E-state index contributed by atoms with van der Waals surface area (Å²) in [7, 11) is 0. The van der Waals surface area contributed by atoms with E-state index in [0.29, 0.717) is 0 Å². The van der Waals surface area contributed by atoms with Crippen molar-refractivity contribution in [2.45, 2.75) is 6.42 Å². The van der Waals surface area contributed by atoms with Crippen molar-refractivity contribution in [3.8, 4) is 0 Å². The van der Waals surface area contributed by atoms with E-state index in [9.17, 15) is 9.59 Å². The fourth-order valence-corrected chi connectivity index (χ4v) is 0.129. The Morgan fingerprint density at radius 2 is 1.38 bits per heavy atom. The van der Waals surface area contributed by atoms with Crippen LogP contribution in [0.4, 0.5) is 0 Å². The third kappa shape index (κ3) is 9.07. The zero-order valence-electron chi connectivity index (χ0n) is 3.80. The van der Waals surface area contributed by atoms with Gasteiger partial charge >= 0.3 is 11.9 Å². The predicted octanol–water partition coefficient (Wildman–Crippen LogP) is -0.457. The predicted molar refractivity (Wildman–Crippen MR) is 19.9 cm³/mol. The van der Waals surface area contributed by atoms with Crippen molar-refractivity contribution in [3.05, 3.63) is 0 Å². The third-order valence-corrected chi connectivity index (χ3v) is 0.302. The second kappa shape index (κ2) is 4.61. The number of carboxylic acids is 2. The Morgan fingerprint density at radius 1 is 1.12 bits per heavy atom. The van der Waals surface area contributed by atoms with Gasteiger partial charge in [0, 0.05) is 17.1 Å². The minimum Gasteiger partial charge on any atom is -0.481 e. The van der Waals surface area contributed by atoms with Gasteiger partial charge < -0.3 is 10.2 Å². The van der Waals surface area contributed by atoms with E-state index < -0.39 is 18.4 Å². The molecule has 0 fully saturated rings. The van der Waals surface area contributed by atoms with Crippen molar-refractivity contribution in [1.82, 2.24) is 0 Å². The van der Waals surface area contributed by atoms with Crippen LogP contribution in [-0.2, 0) is 26.7 Å². The molecular weight excluding hydrogens is 155 g/mol. The summed E-state index contributed by atoms with van der Waals surface area (Å²) in [5, 5.41) is 15.4. The van der Waals surface area contributed by atoms with Crippen LogP contribution in [0.25, 0.3) is 0 Å². The summed E-state index contributed by atoms with van der Waals surface area (Å²) < 4.78 is 0. The first-order chi connectivity index (χ1) is 3.13. The van der Waals surface area contributed by atoms with Gasteiger partial charge in [-0.1, -0.05) is 0 Å². The van der Waals surface area contributed by atoms with Gasteiger partial charge in [-0.3, -0.25) is 9.59 Å². The van der Waals surface area contributed by atoms with Gasteiger partial charge in [-0.25, -0.2) is 0 Å². The van der Waals surface area contributed by atoms with Crippen LogP contribution in [0, 0.1) is 0 Å². The quantitative estimate of drug-likeness (QED) is 0.422.